The fourth-order valence-electron chi connectivity index (χ4n) is 2.27. The van der Waals surface area contributed by atoms with Crippen molar-refractivity contribution in [3.05, 3.63) is 64.9 Å². The van der Waals surface area contributed by atoms with E-state index in [2.05, 4.69) is 0 Å². The predicted octanol–water partition coefficient (Wildman–Crippen LogP) is 2.44. The van der Waals surface area contributed by atoms with Gasteiger partial charge in [-0.15, -0.1) is 0 Å². The van der Waals surface area contributed by atoms with Crippen LogP contribution in [0.25, 0.3) is 0 Å². The average Bonchev–Trinajstić information content (AvgIpc) is 2.80. The van der Waals surface area contributed by atoms with Crippen molar-refractivity contribution in [1.29, 1.82) is 0 Å². The van der Waals surface area contributed by atoms with E-state index in [9.17, 15) is 9.18 Å². The monoisotopic (exact) mass is 258 g/mol. The number of hydrogen-bond acceptors (Lipinski definition) is 2. The number of carbonyl (C=O) groups is 1. The zero-order chi connectivity index (χ0) is 15.1. The van der Waals surface area contributed by atoms with Crippen LogP contribution in [-0.4, -0.2) is 5.91 Å². The molecule has 0 aromatic heterocycles. The Hall–Kier alpha value is -2.36. The Morgan fingerprint density at radius 2 is 1.89 bits per heavy atom. The van der Waals surface area contributed by atoms with Crippen LogP contribution in [0.15, 0.2) is 42.4 Å². The normalized spacial score (nSPS) is 14.9. The lowest BCUT2D eigenvalue weighted by molar-refractivity contribution is 0.100. The van der Waals surface area contributed by atoms with E-state index in [0.29, 0.717) is 13.1 Å². The van der Waals surface area contributed by atoms with E-state index in [1.807, 2.05) is 24.3 Å². The molecule has 0 atom stereocenters. The van der Waals surface area contributed by atoms with E-state index < -0.39 is 11.7 Å². The summed E-state index contributed by atoms with van der Waals surface area (Å²) < 4.78 is 29.8. The highest BCUT2D eigenvalue weighted by molar-refractivity contribution is 5.93. The van der Waals surface area contributed by atoms with Crippen LogP contribution in [-0.2, 0) is 13.1 Å². The molecule has 0 unspecified atom stereocenters. The minimum absolute atomic E-state index is 0.0241. The van der Waals surface area contributed by atoms with Gasteiger partial charge in [-0.3, -0.25) is 4.79 Å². The molecule has 2 aromatic rings. The Morgan fingerprint density at radius 1 is 1.26 bits per heavy atom. The number of rotatable bonds is 2. The van der Waals surface area contributed by atoms with Gasteiger partial charge in [0.1, 0.15) is 5.82 Å². The quantitative estimate of drug-likeness (QED) is 0.899. The minimum Gasteiger partial charge on any atom is -0.366 e. The summed E-state index contributed by atoms with van der Waals surface area (Å²) in [6, 6.07) is 7.97. The molecule has 0 saturated heterocycles. The molecule has 0 saturated carbocycles. The van der Waals surface area contributed by atoms with Gasteiger partial charge in [-0.25, -0.2) is 4.39 Å². The lowest BCUT2D eigenvalue weighted by Crippen LogP contribution is -2.18. The lowest BCUT2D eigenvalue weighted by Gasteiger charge is -2.19. The largest absolute Gasteiger partial charge is 0.366 e. The van der Waals surface area contributed by atoms with Gasteiger partial charge >= 0.3 is 0 Å². The van der Waals surface area contributed by atoms with Gasteiger partial charge in [0.15, 0.2) is 0 Å². The maximum atomic E-state index is 14.2. The van der Waals surface area contributed by atoms with Crippen molar-refractivity contribution in [2.45, 2.75) is 13.1 Å². The number of halogens is 1. The number of benzene rings is 2. The van der Waals surface area contributed by atoms with E-state index in [-0.39, 0.29) is 23.3 Å². The summed E-state index contributed by atoms with van der Waals surface area (Å²) in [7, 11) is 0. The van der Waals surface area contributed by atoms with Crippen molar-refractivity contribution in [3.63, 3.8) is 0 Å². The molecule has 3 nitrogen and oxygen atoms in total. The highest BCUT2D eigenvalue weighted by Crippen LogP contribution is 2.30. The Kier molecular flexibility index (Phi) is 2.21. The zero-order valence-electron chi connectivity index (χ0n) is 12.1. The fraction of sp³-hybridized carbons (Fsp3) is 0.133. The van der Waals surface area contributed by atoms with Crippen molar-refractivity contribution >= 4 is 11.6 Å². The van der Waals surface area contributed by atoms with E-state index in [4.69, 9.17) is 8.48 Å². The van der Waals surface area contributed by atoms with Crippen LogP contribution >= 0.6 is 0 Å². The number of carbonyl (C=O) groups excluding carboxylic acids is 1. The number of nitrogens with two attached hydrogens (primary N) is 1. The number of hydrogen-bond donors (Lipinski definition) is 1. The molecule has 2 aromatic carbocycles. The maximum Gasteiger partial charge on any atom is 0.248 e. The van der Waals surface area contributed by atoms with Gasteiger partial charge in [0.05, 0.1) is 8.43 Å². The SMILES string of the molecule is [2H]c1cc(F)c(N2Cc3ccccc3C2)c([2H])c1C(N)=O. The Bertz CT molecular complexity index is 724. The average molecular weight is 258 g/mol. The highest BCUT2D eigenvalue weighted by Gasteiger charge is 2.21. The molecule has 1 aliphatic heterocycles. The van der Waals surface area contributed by atoms with Crippen LogP contribution in [0.2, 0.25) is 0 Å². The molecule has 1 aliphatic rings. The molecule has 4 heteroatoms. The molecule has 0 radical (unpaired) electrons. The molecule has 1 heterocycles. The lowest BCUT2D eigenvalue weighted by atomic mass is 10.1. The first-order valence-corrected chi connectivity index (χ1v) is 5.90. The Balaban J connectivity index is 2.09. The Labute approximate surface area is 113 Å². The van der Waals surface area contributed by atoms with E-state index in [0.717, 1.165) is 17.2 Å². The van der Waals surface area contributed by atoms with Crippen LogP contribution < -0.4 is 10.6 Å². The zero-order valence-corrected chi connectivity index (χ0v) is 10.1. The van der Waals surface area contributed by atoms with Crippen molar-refractivity contribution in [3.8, 4) is 0 Å². The smallest absolute Gasteiger partial charge is 0.248 e. The molecule has 0 fully saturated rings. The summed E-state index contributed by atoms with van der Waals surface area (Å²) in [5.41, 5.74) is 7.10. The molecule has 96 valence electrons. The second-order valence-electron chi connectivity index (χ2n) is 4.47. The third-order valence-electron chi connectivity index (χ3n) is 3.22. The van der Waals surface area contributed by atoms with Crippen LogP contribution in [0.5, 0.6) is 0 Å². The first-order valence-electron chi connectivity index (χ1n) is 6.90. The van der Waals surface area contributed by atoms with Crippen molar-refractivity contribution in [1.82, 2.24) is 0 Å². The molecular formula is C15H13FN2O. The van der Waals surface area contributed by atoms with Gasteiger partial charge in [0, 0.05) is 18.7 Å². The molecule has 0 spiro atoms. The Morgan fingerprint density at radius 3 is 2.47 bits per heavy atom. The first-order chi connectivity index (χ1) is 9.99. The third-order valence-corrected chi connectivity index (χ3v) is 3.22. The summed E-state index contributed by atoms with van der Waals surface area (Å²) in [5.74, 6) is -1.56. The molecule has 0 bridgehead atoms. The van der Waals surface area contributed by atoms with Crippen molar-refractivity contribution in [2.75, 3.05) is 4.90 Å². The molecule has 2 N–H and O–H groups in total. The number of primary amides is 1. The van der Waals surface area contributed by atoms with Crippen LogP contribution in [0.3, 0.4) is 0 Å². The van der Waals surface area contributed by atoms with Gasteiger partial charge in [0.25, 0.3) is 0 Å². The van der Waals surface area contributed by atoms with E-state index >= 15 is 0 Å². The van der Waals surface area contributed by atoms with Gasteiger partial charge in [-0.2, -0.15) is 0 Å². The predicted molar refractivity (Wildman–Crippen MR) is 71.2 cm³/mol. The summed E-state index contributed by atoms with van der Waals surface area (Å²) >= 11 is 0. The number of fused-ring (bicyclic) bond motifs is 1. The molecular weight excluding hydrogens is 243 g/mol. The topological polar surface area (TPSA) is 46.3 Å². The summed E-state index contributed by atoms with van der Waals surface area (Å²) in [4.78, 5) is 13.1. The standard InChI is InChI=1S/C15H13FN2O/c16-13-6-5-10(15(17)19)7-14(13)18-8-11-3-1-2-4-12(11)9-18/h1-7H,8-9H2,(H2,17,19)/i5D,7D. The summed E-state index contributed by atoms with van der Waals surface area (Å²) in [6.45, 7) is 0.934. The third kappa shape index (κ3) is 2.05. The van der Waals surface area contributed by atoms with Gasteiger partial charge < -0.3 is 10.6 Å². The summed E-state index contributed by atoms with van der Waals surface area (Å²) in [6.07, 6.45) is 0. The van der Waals surface area contributed by atoms with Gasteiger partial charge in [0.2, 0.25) is 5.91 Å². The van der Waals surface area contributed by atoms with Crippen LogP contribution in [0.1, 0.15) is 24.2 Å². The first kappa shape index (κ1) is 9.55. The maximum absolute atomic E-state index is 14.2. The minimum atomic E-state index is -0.886. The molecule has 19 heavy (non-hydrogen) atoms. The highest BCUT2D eigenvalue weighted by atomic mass is 19.1. The number of nitrogens with zero attached hydrogens (tertiary/aromatic N) is 1. The van der Waals surface area contributed by atoms with Crippen LogP contribution in [0, 0.1) is 5.82 Å². The van der Waals surface area contributed by atoms with Crippen molar-refractivity contribution in [2.24, 2.45) is 5.73 Å². The fourth-order valence-corrected chi connectivity index (χ4v) is 2.27. The van der Waals surface area contributed by atoms with E-state index in [1.165, 1.54) is 0 Å². The van der Waals surface area contributed by atoms with Crippen molar-refractivity contribution < 1.29 is 11.9 Å². The van der Waals surface area contributed by atoms with Gasteiger partial charge in [-0.1, -0.05) is 24.3 Å². The summed E-state index contributed by atoms with van der Waals surface area (Å²) in [5, 5.41) is 0. The van der Waals surface area contributed by atoms with E-state index in [1.54, 1.807) is 4.90 Å². The number of amides is 1. The van der Waals surface area contributed by atoms with Gasteiger partial charge in [-0.05, 0) is 29.3 Å². The molecule has 0 aliphatic carbocycles. The second-order valence-corrected chi connectivity index (χ2v) is 4.47. The molecule has 1 amide bonds. The molecule has 3 rings (SSSR count). The number of anilines is 1. The van der Waals surface area contributed by atoms with Crippen LogP contribution in [0.4, 0.5) is 10.1 Å². The second kappa shape index (κ2) is 4.39.